The largest absolute Gasteiger partial charge is 0.496 e. The van der Waals surface area contributed by atoms with E-state index in [4.69, 9.17) is 9.47 Å². The van der Waals surface area contributed by atoms with E-state index in [0.717, 1.165) is 29.4 Å². The zero-order valence-corrected chi connectivity index (χ0v) is 16.4. The molecule has 0 aliphatic heterocycles. The SMILES string of the molecule is CCNC(=NCc1ccc(OC)c(C)c1)NC(C)COC.I. The van der Waals surface area contributed by atoms with Gasteiger partial charge in [-0.1, -0.05) is 12.1 Å². The summed E-state index contributed by atoms with van der Waals surface area (Å²) < 4.78 is 10.4. The van der Waals surface area contributed by atoms with Crippen LogP contribution >= 0.6 is 24.0 Å². The summed E-state index contributed by atoms with van der Waals surface area (Å²) in [6, 6.07) is 6.33. The average Bonchev–Trinajstić information content (AvgIpc) is 2.45. The van der Waals surface area contributed by atoms with Crippen molar-refractivity contribution in [3.8, 4) is 5.75 Å². The Labute approximate surface area is 150 Å². The Hall–Kier alpha value is -1.02. The number of halogens is 1. The third-order valence-electron chi connectivity index (χ3n) is 3.02. The summed E-state index contributed by atoms with van der Waals surface area (Å²) >= 11 is 0. The topological polar surface area (TPSA) is 54.9 Å². The molecule has 0 amide bonds. The van der Waals surface area contributed by atoms with Crippen LogP contribution in [0.5, 0.6) is 5.75 Å². The highest BCUT2D eigenvalue weighted by atomic mass is 127. The van der Waals surface area contributed by atoms with Gasteiger partial charge in [-0.25, -0.2) is 4.99 Å². The minimum atomic E-state index is 0. The van der Waals surface area contributed by atoms with E-state index in [1.807, 2.05) is 19.1 Å². The molecule has 126 valence electrons. The van der Waals surface area contributed by atoms with Crippen molar-refractivity contribution in [3.05, 3.63) is 29.3 Å². The van der Waals surface area contributed by atoms with E-state index in [0.29, 0.717) is 13.2 Å². The van der Waals surface area contributed by atoms with Crippen LogP contribution in [-0.2, 0) is 11.3 Å². The summed E-state index contributed by atoms with van der Waals surface area (Å²) in [5, 5.41) is 6.55. The van der Waals surface area contributed by atoms with Crippen molar-refractivity contribution in [1.29, 1.82) is 0 Å². The van der Waals surface area contributed by atoms with Gasteiger partial charge in [-0.2, -0.15) is 0 Å². The molecule has 1 unspecified atom stereocenters. The lowest BCUT2D eigenvalue weighted by Crippen LogP contribution is -2.43. The molecule has 2 N–H and O–H groups in total. The normalized spacial score (nSPS) is 12.3. The van der Waals surface area contributed by atoms with Crippen LogP contribution in [0.4, 0.5) is 0 Å². The van der Waals surface area contributed by atoms with Crippen molar-refractivity contribution in [1.82, 2.24) is 10.6 Å². The molecule has 0 aliphatic carbocycles. The molecule has 1 atom stereocenters. The van der Waals surface area contributed by atoms with E-state index in [1.165, 1.54) is 0 Å². The van der Waals surface area contributed by atoms with Crippen molar-refractivity contribution >= 4 is 29.9 Å². The second-order valence-electron chi connectivity index (χ2n) is 5.00. The van der Waals surface area contributed by atoms with Gasteiger partial charge in [-0.05, 0) is 38.0 Å². The van der Waals surface area contributed by atoms with Crippen molar-refractivity contribution in [2.45, 2.75) is 33.4 Å². The lowest BCUT2D eigenvalue weighted by molar-refractivity contribution is 0.179. The Morgan fingerprint density at radius 1 is 1.32 bits per heavy atom. The molecule has 1 aromatic rings. The van der Waals surface area contributed by atoms with E-state index < -0.39 is 0 Å². The molecule has 0 spiro atoms. The Bertz CT molecular complexity index is 467. The van der Waals surface area contributed by atoms with Gasteiger partial charge in [0.25, 0.3) is 0 Å². The molecule has 0 heterocycles. The fourth-order valence-corrected chi connectivity index (χ4v) is 2.05. The number of guanidine groups is 1. The molecular formula is C16H28IN3O2. The number of methoxy groups -OCH3 is 2. The predicted molar refractivity (Wildman–Crippen MR) is 102 cm³/mol. The third-order valence-corrected chi connectivity index (χ3v) is 3.02. The number of hydrogen-bond donors (Lipinski definition) is 2. The lowest BCUT2D eigenvalue weighted by Gasteiger charge is -2.17. The monoisotopic (exact) mass is 421 g/mol. The van der Waals surface area contributed by atoms with Crippen LogP contribution in [0.2, 0.25) is 0 Å². The Balaban J connectivity index is 0.00000441. The average molecular weight is 421 g/mol. The lowest BCUT2D eigenvalue weighted by atomic mass is 10.1. The number of nitrogens with one attached hydrogen (secondary N) is 2. The summed E-state index contributed by atoms with van der Waals surface area (Å²) in [7, 11) is 3.38. The van der Waals surface area contributed by atoms with Crippen LogP contribution in [0.1, 0.15) is 25.0 Å². The van der Waals surface area contributed by atoms with Gasteiger partial charge in [-0.3, -0.25) is 0 Å². The van der Waals surface area contributed by atoms with Gasteiger partial charge in [0.05, 0.1) is 20.3 Å². The summed E-state index contributed by atoms with van der Waals surface area (Å²) in [5.74, 6) is 1.71. The number of rotatable bonds is 7. The van der Waals surface area contributed by atoms with Gasteiger partial charge >= 0.3 is 0 Å². The zero-order chi connectivity index (χ0) is 15.7. The molecule has 5 nitrogen and oxygen atoms in total. The number of benzene rings is 1. The number of aryl methyl sites for hydroxylation is 1. The maximum Gasteiger partial charge on any atom is 0.191 e. The molecule has 0 fully saturated rings. The second kappa shape index (κ2) is 11.5. The van der Waals surface area contributed by atoms with Crippen LogP contribution in [0.25, 0.3) is 0 Å². The Kier molecular flexibility index (Phi) is 11.0. The van der Waals surface area contributed by atoms with Crippen LogP contribution in [0.15, 0.2) is 23.2 Å². The first-order chi connectivity index (χ1) is 10.1. The first-order valence-corrected chi connectivity index (χ1v) is 7.28. The molecule has 22 heavy (non-hydrogen) atoms. The highest BCUT2D eigenvalue weighted by Crippen LogP contribution is 2.18. The molecule has 1 rings (SSSR count). The number of nitrogens with zero attached hydrogens (tertiary/aromatic N) is 1. The fourth-order valence-electron chi connectivity index (χ4n) is 2.05. The highest BCUT2D eigenvalue weighted by molar-refractivity contribution is 14.0. The maximum absolute atomic E-state index is 5.27. The van der Waals surface area contributed by atoms with Gasteiger partial charge < -0.3 is 20.1 Å². The molecule has 6 heteroatoms. The van der Waals surface area contributed by atoms with Crippen LogP contribution in [0, 0.1) is 6.92 Å². The standard InChI is InChI=1S/C16H27N3O2.HI/c1-6-17-16(19-13(3)11-20-4)18-10-14-7-8-15(21-5)12(2)9-14;/h7-9,13H,6,10-11H2,1-5H3,(H2,17,18,19);1H. The number of hydrogen-bond acceptors (Lipinski definition) is 3. The predicted octanol–water partition coefficient (Wildman–Crippen LogP) is 2.71. The summed E-state index contributed by atoms with van der Waals surface area (Å²) in [4.78, 5) is 4.60. The van der Waals surface area contributed by atoms with Crippen molar-refractivity contribution in [2.24, 2.45) is 4.99 Å². The smallest absolute Gasteiger partial charge is 0.191 e. The van der Waals surface area contributed by atoms with E-state index >= 15 is 0 Å². The third kappa shape index (κ3) is 7.31. The van der Waals surface area contributed by atoms with E-state index in [1.54, 1.807) is 14.2 Å². The van der Waals surface area contributed by atoms with E-state index in [-0.39, 0.29) is 30.0 Å². The van der Waals surface area contributed by atoms with E-state index in [9.17, 15) is 0 Å². The highest BCUT2D eigenvalue weighted by Gasteiger charge is 2.05. The molecule has 1 aromatic carbocycles. The fraction of sp³-hybridized carbons (Fsp3) is 0.562. The minimum Gasteiger partial charge on any atom is -0.496 e. The quantitative estimate of drug-likeness (QED) is 0.404. The molecule has 0 saturated heterocycles. The minimum absolute atomic E-state index is 0. The van der Waals surface area contributed by atoms with Gasteiger partial charge in [0.2, 0.25) is 0 Å². The van der Waals surface area contributed by atoms with Crippen molar-refractivity contribution < 1.29 is 9.47 Å². The first-order valence-electron chi connectivity index (χ1n) is 7.28. The van der Waals surface area contributed by atoms with Crippen LogP contribution in [0.3, 0.4) is 0 Å². The Morgan fingerprint density at radius 2 is 2.05 bits per heavy atom. The Morgan fingerprint density at radius 3 is 2.59 bits per heavy atom. The molecule has 0 radical (unpaired) electrons. The van der Waals surface area contributed by atoms with Crippen LogP contribution < -0.4 is 15.4 Å². The van der Waals surface area contributed by atoms with E-state index in [2.05, 4.69) is 35.5 Å². The van der Waals surface area contributed by atoms with Crippen molar-refractivity contribution in [2.75, 3.05) is 27.4 Å². The van der Waals surface area contributed by atoms with Gasteiger partial charge in [0.15, 0.2) is 5.96 Å². The molecule has 0 aromatic heterocycles. The van der Waals surface area contributed by atoms with Gasteiger partial charge in [0, 0.05) is 19.7 Å². The van der Waals surface area contributed by atoms with Crippen molar-refractivity contribution in [3.63, 3.8) is 0 Å². The number of ether oxygens (including phenoxy) is 2. The van der Waals surface area contributed by atoms with Crippen LogP contribution in [-0.4, -0.2) is 39.4 Å². The van der Waals surface area contributed by atoms with Gasteiger partial charge in [-0.15, -0.1) is 24.0 Å². The molecular weight excluding hydrogens is 393 g/mol. The maximum atomic E-state index is 5.27. The number of aliphatic imine (C=N–C) groups is 1. The summed E-state index contributed by atoms with van der Waals surface area (Å²) in [5.41, 5.74) is 2.28. The molecule has 0 aliphatic rings. The summed E-state index contributed by atoms with van der Waals surface area (Å²) in [6.45, 7) is 8.25. The first kappa shape index (κ1) is 21.0. The second-order valence-corrected chi connectivity index (χ2v) is 5.00. The zero-order valence-electron chi connectivity index (χ0n) is 14.1. The molecule has 0 saturated carbocycles. The summed E-state index contributed by atoms with van der Waals surface area (Å²) in [6.07, 6.45) is 0. The van der Waals surface area contributed by atoms with Gasteiger partial charge in [0.1, 0.15) is 5.75 Å². The molecule has 0 bridgehead atoms.